The number of carbonyl (C=O) groups excluding carboxylic acids is 1. The molecule has 1 rings (SSSR count). The van der Waals surface area contributed by atoms with Crippen LogP contribution in [0.25, 0.3) is 0 Å². The van der Waals surface area contributed by atoms with Crippen LogP contribution >= 0.6 is 0 Å². The minimum absolute atomic E-state index is 0.00116. The summed E-state index contributed by atoms with van der Waals surface area (Å²) in [5.41, 5.74) is 0. The van der Waals surface area contributed by atoms with Gasteiger partial charge in [0.2, 0.25) is 0 Å². The normalized spacial score (nSPS) is 31.8. The summed E-state index contributed by atoms with van der Waals surface area (Å²) in [6.45, 7) is 2.48. The van der Waals surface area contributed by atoms with E-state index in [1.807, 2.05) is 0 Å². The quantitative estimate of drug-likeness (QED) is 0.596. The van der Waals surface area contributed by atoms with Crippen molar-refractivity contribution in [1.29, 1.82) is 0 Å². The van der Waals surface area contributed by atoms with Crippen molar-refractivity contribution in [3.05, 3.63) is 0 Å². The monoisotopic (exact) mass is 157 g/mol. The number of aliphatic hydroxyl groups excluding tert-OH is 1. The Morgan fingerprint density at radius 1 is 1.73 bits per heavy atom. The van der Waals surface area contributed by atoms with Crippen LogP contribution < -0.4 is 5.32 Å². The lowest BCUT2D eigenvalue weighted by molar-refractivity contribution is -0.118. The zero-order valence-electron chi connectivity index (χ0n) is 6.84. The molecular weight excluding hydrogens is 142 g/mol. The van der Waals surface area contributed by atoms with Crippen LogP contribution in [0.5, 0.6) is 0 Å². The van der Waals surface area contributed by atoms with Crippen LogP contribution in [0.1, 0.15) is 26.2 Å². The van der Waals surface area contributed by atoms with Gasteiger partial charge in [-0.3, -0.25) is 4.79 Å². The van der Waals surface area contributed by atoms with Gasteiger partial charge in [0.1, 0.15) is 5.78 Å². The van der Waals surface area contributed by atoms with Gasteiger partial charge in [-0.1, -0.05) is 0 Å². The Labute approximate surface area is 66.8 Å². The third-order valence-electron chi connectivity index (χ3n) is 2.06. The summed E-state index contributed by atoms with van der Waals surface area (Å²) in [6.07, 6.45) is 1.97. The van der Waals surface area contributed by atoms with Crippen molar-refractivity contribution in [1.82, 2.24) is 5.32 Å². The molecule has 0 saturated carbocycles. The number of carbonyl (C=O) groups is 1. The molecule has 0 amide bonds. The van der Waals surface area contributed by atoms with E-state index in [0.717, 1.165) is 19.4 Å². The fourth-order valence-electron chi connectivity index (χ4n) is 1.45. The highest BCUT2D eigenvalue weighted by Gasteiger charge is 2.22. The van der Waals surface area contributed by atoms with Crippen LogP contribution in [0.15, 0.2) is 0 Å². The number of ketones is 1. The predicted octanol–water partition coefficient (Wildman–Crippen LogP) is 0.0784. The fourth-order valence-corrected chi connectivity index (χ4v) is 1.45. The van der Waals surface area contributed by atoms with Gasteiger partial charge in [0.25, 0.3) is 0 Å². The SMILES string of the molecule is CC(=O)CC1NCCCC1O. The molecule has 1 heterocycles. The van der Waals surface area contributed by atoms with Crippen molar-refractivity contribution in [2.45, 2.75) is 38.3 Å². The molecule has 3 heteroatoms. The number of hydrogen-bond donors (Lipinski definition) is 2. The van der Waals surface area contributed by atoms with E-state index in [9.17, 15) is 9.90 Å². The largest absolute Gasteiger partial charge is 0.391 e. The van der Waals surface area contributed by atoms with Crippen molar-refractivity contribution < 1.29 is 9.90 Å². The van der Waals surface area contributed by atoms with E-state index < -0.39 is 0 Å². The second kappa shape index (κ2) is 3.83. The van der Waals surface area contributed by atoms with Crippen molar-refractivity contribution in [2.75, 3.05) is 6.54 Å². The number of nitrogens with one attached hydrogen (secondary N) is 1. The van der Waals surface area contributed by atoms with E-state index in [0.29, 0.717) is 6.42 Å². The summed E-state index contributed by atoms with van der Waals surface area (Å²) in [7, 11) is 0. The van der Waals surface area contributed by atoms with Gasteiger partial charge >= 0.3 is 0 Å². The van der Waals surface area contributed by atoms with Crippen LogP contribution in [-0.4, -0.2) is 29.6 Å². The number of rotatable bonds is 2. The number of hydrogen-bond acceptors (Lipinski definition) is 3. The van der Waals surface area contributed by atoms with Crippen molar-refractivity contribution in [2.24, 2.45) is 0 Å². The fraction of sp³-hybridized carbons (Fsp3) is 0.875. The van der Waals surface area contributed by atoms with E-state index in [1.54, 1.807) is 6.92 Å². The molecule has 0 aromatic rings. The zero-order chi connectivity index (χ0) is 8.27. The first-order valence-corrected chi connectivity index (χ1v) is 4.11. The third kappa shape index (κ3) is 2.60. The Balaban J connectivity index is 2.35. The molecular formula is C8H15NO2. The molecule has 11 heavy (non-hydrogen) atoms. The molecule has 0 aliphatic carbocycles. The topological polar surface area (TPSA) is 49.3 Å². The second-order valence-electron chi connectivity index (χ2n) is 3.18. The molecule has 0 aromatic heterocycles. The van der Waals surface area contributed by atoms with Crippen LogP contribution in [0.3, 0.4) is 0 Å². The van der Waals surface area contributed by atoms with Gasteiger partial charge < -0.3 is 10.4 Å². The van der Waals surface area contributed by atoms with Gasteiger partial charge in [0.15, 0.2) is 0 Å². The molecule has 3 nitrogen and oxygen atoms in total. The first-order chi connectivity index (χ1) is 5.20. The highest BCUT2D eigenvalue weighted by molar-refractivity contribution is 5.76. The Morgan fingerprint density at radius 3 is 3.00 bits per heavy atom. The molecule has 0 spiro atoms. The van der Waals surface area contributed by atoms with Crippen LogP contribution in [0.2, 0.25) is 0 Å². The molecule has 1 aliphatic heterocycles. The van der Waals surface area contributed by atoms with E-state index in [1.165, 1.54) is 0 Å². The number of Topliss-reactive ketones (excluding diaryl/α,β-unsaturated/α-hetero) is 1. The van der Waals surface area contributed by atoms with Gasteiger partial charge in [-0.15, -0.1) is 0 Å². The molecule has 0 bridgehead atoms. The first kappa shape index (κ1) is 8.68. The standard InChI is InChI=1S/C8H15NO2/c1-6(10)5-7-8(11)3-2-4-9-7/h7-9,11H,2-5H2,1H3. The van der Waals surface area contributed by atoms with Gasteiger partial charge in [-0.2, -0.15) is 0 Å². The molecule has 2 N–H and O–H groups in total. The summed E-state index contributed by atoms with van der Waals surface area (Å²) in [6, 6.07) is 0.00116. The number of aliphatic hydroxyl groups is 1. The molecule has 0 radical (unpaired) electrons. The molecule has 0 aromatic carbocycles. The first-order valence-electron chi connectivity index (χ1n) is 4.11. The maximum atomic E-state index is 10.7. The molecule has 2 unspecified atom stereocenters. The highest BCUT2D eigenvalue weighted by Crippen LogP contribution is 2.11. The summed E-state index contributed by atoms with van der Waals surface area (Å²) in [4.78, 5) is 10.7. The van der Waals surface area contributed by atoms with Crippen molar-refractivity contribution in [3.8, 4) is 0 Å². The Kier molecular flexibility index (Phi) is 3.02. The van der Waals surface area contributed by atoms with Crippen LogP contribution in [0.4, 0.5) is 0 Å². The van der Waals surface area contributed by atoms with E-state index >= 15 is 0 Å². The molecule has 64 valence electrons. The maximum absolute atomic E-state index is 10.7. The predicted molar refractivity (Wildman–Crippen MR) is 42.3 cm³/mol. The lowest BCUT2D eigenvalue weighted by atomic mass is 9.97. The Bertz CT molecular complexity index is 147. The summed E-state index contributed by atoms with van der Waals surface area (Å²) in [5, 5.41) is 12.5. The van der Waals surface area contributed by atoms with Crippen molar-refractivity contribution in [3.63, 3.8) is 0 Å². The third-order valence-corrected chi connectivity index (χ3v) is 2.06. The van der Waals surface area contributed by atoms with E-state index in [4.69, 9.17) is 0 Å². The molecule has 2 atom stereocenters. The Hall–Kier alpha value is -0.410. The van der Waals surface area contributed by atoms with Crippen LogP contribution in [0, 0.1) is 0 Å². The smallest absolute Gasteiger partial charge is 0.131 e. The summed E-state index contributed by atoms with van der Waals surface area (Å²) >= 11 is 0. The van der Waals surface area contributed by atoms with Crippen molar-refractivity contribution >= 4 is 5.78 Å². The second-order valence-corrected chi connectivity index (χ2v) is 3.18. The van der Waals surface area contributed by atoms with E-state index in [2.05, 4.69) is 5.32 Å². The van der Waals surface area contributed by atoms with Crippen LogP contribution in [-0.2, 0) is 4.79 Å². The maximum Gasteiger partial charge on any atom is 0.131 e. The minimum Gasteiger partial charge on any atom is -0.391 e. The van der Waals surface area contributed by atoms with Gasteiger partial charge in [0, 0.05) is 12.5 Å². The minimum atomic E-state index is -0.326. The molecule has 1 fully saturated rings. The zero-order valence-corrected chi connectivity index (χ0v) is 6.84. The summed E-state index contributed by atoms with van der Waals surface area (Å²) < 4.78 is 0. The van der Waals surface area contributed by atoms with Gasteiger partial charge in [-0.05, 0) is 26.3 Å². The van der Waals surface area contributed by atoms with Gasteiger partial charge in [0.05, 0.1) is 6.10 Å². The average molecular weight is 157 g/mol. The van der Waals surface area contributed by atoms with E-state index in [-0.39, 0.29) is 17.9 Å². The summed E-state index contributed by atoms with van der Waals surface area (Å²) in [5.74, 6) is 0.142. The molecule has 1 aliphatic rings. The number of piperidine rings is 1. The average Bonchev–Trinajstić information content (AvgIpc) is 1.93. The lowest BCUT2D eigenvalue weighted by Crippen LogP contribution is -2.45. The highest BCUT2D eigenvalue weighted by atomic mass is 16.3. The lowest BCUT2D eigenvalue weighted by Gasteiger charge is -2.27. The van der Waals surface area contributed by atoms with Gasteiger partial charge in [-0.25, -0.2) is 0 Å². The Morgan fingerprint density at radius 2 is 2.45 bits per heavy atom. The molecule has 1 saturated heterocycles.